The molecule has 0 saturated carbocycles. The Bertz CT molecular complexity index is 526. The zero-order chi connectivity index (χ0) is 16.7. The fraction of sp³-hybridized carbons (Fsp3) is 0.500. The van der Waals surface area contributed by atoms with Crippen molar-refractivity contribution in [2.45, 2.75) is 31.4 Å². The highest BCUT2D eigenvalue weighted by Crippen LogP contribution is 2.15. The summed E-state index contributed by atoms with van der Waals surface area (Å²) in [6.07, 6.45) is 1.82. The number of aliphatic carboxylic acids is 1. The zero-order valence-electron chi connectivity index (χ0n) is 13.1. The van der Waals surface area contributed by atoms with Crippen molar-refractivity contribution in [2.75, 3.05) is 25.6 Å². The molecular weight excluding hydrogens is 300 g/mol. The van der Waals surface area contributed by atoms with Gasteiger partial charge in [-0.05, 0) is 37.1 Å². The van der Waals surface area contributed by atoms with Gasteiger partial charge in [0, 0.05) is 12.3 Å². The Labute approximate surface area is 135 Å². The van der Waals surface area contributed by atoms with Crippen LogP contribution < -0.4 is 20.5 Å². The minimum Gasteiger partial charge on any atom is -0.544 e. The van der Waals surface area contributed by atoms with Crippen molar-refractivity contribution in [3.8, 4) is 5.75 Å². The fourth-order valence-corrected chi connectivity index (χ4v) is 2.50. The SMILES string of the molecule is COc1ccc(NC(=O)C[C@H]([NH2+]C[C@@H]2CCCO2)C(=O)[O-])cc1. The minimum atomic E-state index is -1.24. The highest BCUT2D eigenvalue weighted by molar-refractivity contribution is 5.93. The first kappa shape index (κ1) is 17.2. The maximum atomic E-state index is 12.0. The van der Waals surface area contributed by atoms with Gasteiger partial charge >= 0.3 is 0 Å². The van der Waals surface area contributed by atoms with E-state index < -0.39 is 12.0 Å². The molecule has 0 aliphatic carbocycles. The number of anilines is 1. The van der Waals surface area contributed by atoms with Gasteiger partial charge in [-0.15, -0.1) is 0 Å². The second kappa shape index (κ2) is 8.50. The Morgan fingerprint density at radius 1 is 1.43 bits per heavy atom. The quantitative estimate of drug-likeness (QED) is 0.631. The van der Waals surface area contributed by atoms with Crippen LogP contribution in [0.3, 0.4) is 0 Å². The molecule has 2 rings (SSSR count). The van der Waals surface area contributed by atoms with Crippen LogP contribution in [-0.4, -0.2) is 44.3 Å². The second-order valence-electron chi connectivity index (χ2n) is 5.51. The van der Waals surface area contributed by atoms with Gasteiger partial charge < -0.3 is 30.0 Å². The molecule has 1 amide bonds. The third-order valence-electron chi connectivity index (χ3n) is 3.79. The average molecular weight is 322 g/mol. The zero-order valence-corrected chi connectivity index (χ0v) is 13.1. The molecule has 0 aromatic heterocycles. The molecule has 7 heteroatoms. The Kier molecular flexibility index (Phi) is 6.37. The molecule has 1 saturated heterocycles. The molecule has 1 aliphatic rings. The lowest BCUT2D eigenvalue weighted by Crippen LogP contribution is -2.94. The molecule has 126 valence electrons. The summed E-state index contributed by atoms with van der Waals surface area (Å²) in [4.78, 5) is 23.2. The number of ether oxygens (including phenoxy) is 2. The lowest BCUT2D eigenvalue weighted by Gasteiger charge is -2.18. The molecule has 1 heterocycles. The van der Waals surface area contributed by atoms with E-state index in [4.69, 9.17) is 9.47 Å². The lowest BCUT2D eigenvalue weighted by atomic mass is 10.1. The number of hydrogen-bond acceptors (Lipinski definition) is 5. The van der Waals surface area contributed by atoms with Crippen LogP contribution in [0, 0.1) is 0 Å². The highest BCUT2D eigenvalue weighted by atomic mass is 16.5. The van der Waals surface area contributed by atoms with Gasteiger partial charge in [0.05, 0.1) is 19.5 Å². The normalized spacial score (nSPS) is 18.4. The lowest BCUT2D eigenvalue weighted by molar-refractivity contribution is -0.687. The van der Waals surface area contributed by atoms with E-state index >= 15 is 0 Å². The predicted molar refractivity (Wildman–Crippen MR) is 80.8 cm³/mol. The first-order valence-electron chi connectivity index (χ1n) is 7.68. The van der Waals surface area contributed by atoms with Gasteiger partial charge in [-0.25, -0.2) is 0 Å². The van der Waals surface area contributed by atoms with Crippen molar-refractivity contribution in [1.82, 2.24) is 0 Å². The summed E-state index contributed by atoms with van der Waals surface area (Å²) in [6, 6.07) is 5.91. The Balaban J connectivity index is 1.82. The number of rotatable bonds is 8. The number of carbonyl (C=O) groups is 2. The molecule has 2 atom stereocenters. The van der Waals surface area contributed by atoms with Crippen molar-refractivity contribution in [1.29, 1.82) is 0 Å². The van der Waals surface area contributed by atoms with E-state index in [1.165, 1.54) is 0 Å². The topological polar surface area (TPSA) is 104 Å². The maximum Gasteiger partial charge on any atom is 0.230 e. The molecule has 23 heavy (non-hydrogen) atoms. The minimum absolute atomic E-state index is 0.0569. The van der Waals surface area contributed by atoms with Gasteiger partial charge in [-0.3, -0.25) is 4.79 Å². The molecule has 7 nitrogen and oxygen atoms in total. The van der Waals surface area contributed by atoms with Gasteiger partial charge in [0.25, 0.3) is 0 Å². The predicted octanol–water partition coefficient (Wildman–Crippen LogP) is -1.12. The summed E-state index contributed by atoms with van der Waals surface area (Å²) >= 11 is 0. The first-order valence-corrected chi connectivity index (χ1v) is 7.68. The summed E-state index contributed by atoms with van der Waals surface area (Å²) in [7, 11) is 1.56. The van der Waals surface area contributed by atoms with E-state index in [-0.39, 0.29) is 18.4 Å². The van der Waals surface area contributed by atoms with Crippen LogP contribution >= 0.6 is 0 Å². The van der Waals surface area contributed by atoms with Gasteiger partial charge in [-0.1, -0.05) is 0 Å². The van der Waals surface area contributed by atoms with Gasteiger partial charge in [0.15, 0.2) is 0 Å². The highest BCUT2D eigenvalue weighted by Gasteiger charge is 2.23. The van der Waals surface area contributed by atoms with E-state index in [0.717, 1.165) is 12.8 Å². The number of carboxylic acid groups (broad SMARTS) is 1. The van der Waals surface area contributed by atoms with Crippen LogP contribution in [0.1, 0.15) is 19.3 Å². The average Bonchev–Trinajstić information content (AvgIpc) is 3.05. The van der Waals surface area contributed by atoms with Crippen molar-refractivity contribution in [3.05, 3.63) is 24.3 Å². The van der Waals surface area contributed by atoms with Crippen LogP contribution in [0.15, 0.2) is 24.3 Å². The number of hydrogen-bond donors (Lipinski definition) is 2. The summed E-state index contributed by atoms with van der Waals surface area (Å²) in [5, 5.41) is 15.5. The molecule has 0 radical (unpaired) electrons. The molecular formula is C16H22N2O5. The maximum absolute atomic E-state index is 12.0. The molecule has 3 N–H and O–H groups in total. The van der Waals surface area contributed by atoms with Gasteiger partial charge in [0.2, 0.25) is 5.91 Å². The summed E-state index contributed by atoms with van der Waals surface area (Å²) < 4.78 is 10.5. The molecule has 1 aliphatic heterocycles. The number of quaternary nitrogens is 1. The van der Waals surface area contributed by atoms with Crippen molar-refractivity contribution in [3.63, 3.8) is 0 Å². The molecule has 0 bridgehead atoms. The molecule has 1 aromatic rings. The fourth-order valence-electron chi connectivity index (χ4n) is 2.50. The van der Waals surface area contributed by atoms with Crippen LogP contribution in [-0.2, 0) is 14.3 Å². The number of nitrogens with two attached hydrogens (primary N) is 1. The number of methoxy groups -OCH3 is 1. The number of carbonyl (C=O) groups excluding carboxylic acids is 2. The van der Waals surface area contributed by atoms with Crippen molar-refractivity contribution < 1.29 is 29.5 Å². The Morgan fingerprint density at radius 3 is 2.74 bits per heavy atom. The largest absolute Gasteiger partial charge is 0.544 e. The van der Waals surface area contributed by atoms with E-state index in [1.54, 1.807) is 36.7 Å². The number of nitrogens with one attached hydrogen (secondary N) is 1. The monoisotopic (exact) mass is 322 g/mol. The smallest absolute Gasteiger partial charge is 0.230 e. The number of amides is 1. The Morgan fingerprint density at radius 2 is 2.17 bits per heavy atom. The summed E-state index contributed by atoms with van der Waals surface area (Å²) in [5.74, 6) is -0.929. The first-order chi connectivity index (χ1) is 11.1. The van der Waals surface area contributed by atoms with Crippen LogP contribution in [0.25, 0.3) is 0 Å². The van der Waals surface area contributed by atoms with E-state index in [9.17, 15) is 14.7 Å². The summed E-state index contributed by atoms with van der Waals surface area (Å²) in [6.45, 7) is 1.24. The third-order valence-corrected chi connectivity index (χ3v) is 3.79. The molecule has 0 unspecified atom stereocenters. The van der Waals surface area contributed by atoms with E-state index in [1.807, 2.05) is 0 Å². The van der Waals surface area contributed by atoms with Crippen molar-refractivity contribution in [2.24, 2.45) is 0 Å². The van der Waals surface area contributed by atoms with Crippen molar-refractivity contribution >= 4 is 17.6 Å². The standard InChI is InChI=1S/C16H22N2O5/c1-22-12-6-4-11(5-7-12)18-15(19)9-14(16(20)21)17-10-13-3-2-8-23-13/h4-7,13-14,17H,2-3,8-10H2,1H3,(H,18,19)(H,20,21)/t13-,14-/m0/s1. The number of carboxylic acids is 1. The van der Waals surface area contributed by atoms with E-state index in [0.29, 0.717) is 24.6 Å². The van der Waals surface area contributed by atoms with Crippen LogP contribution in [0.4, 0.5) is 5.69 Å². The number of benzene rings is 1. The Hall–Kier alpha value is -2.12. The second-order valence-corrected chi connectivity index (χ2v) is 5.51. The van der Waals surface area contributed by atoms with Gasteiger partial charge in [-0.2, -0.15) is 0 Å². The third kappa shape index (κ3) is 5.54. The van der Waals surface area contributed by atoms with Crippen LogP contribution in [0.2, 0.25) is 0 Å². The summed E-state index contributed by atoms with van der Waals surface area (Å²) in [5.41, 5.74) is 0.590. The molecule has 1 aromatic carbocycles. The molecule has 0 spiro atoms. The van der Waals surface area contributed by atoms with Crippen LogP contribution in [0.5, 0.6) is 5.75 Å². The van der Waals surface area contributed by atoms with Gasteiger partial charge in [0.1, 0.15) is 24.4 Å². The molecule has 1 fully saturated rings. The van der Waals surface area contributed by atoms with E-state index in [2.05, 4.69) is 5.32 Å².